The van der Waals surface area contributed by atoms with Crippen molar-refractivity contribution in [3.63, 3.8) is 0 Å². The van der Waals surface area contributed by atoms with Gasteiger partial charge in [-0.05, 0) is 0 Å². The van der Waals surface area contributed by atoms with Gasteiger partial charge in [-0.15, -0.1) is 0 Å². The van der Waals surface area contributed by atoms with Gasteiger partial charge in [0.05, 0.1) is 18.8 Å². The Balaban J connectivity index is 2.55. The SMILES string of the molecule is C=C([C@H](F)N1CCOCC1)C(F)(F)F. The van der Waals surface area contributed by atoms with Crippen molar-refractivity contribution in [1.29, 1.82) is 0 Å². The molecule has 0 unspecified atom stereocenters. The molecule has 1 rings (SSSR count). The van der Waals surface area contributed by atoms with Crippen molar-refractivity contribution in [2.75, 3.05) is 26.3 Å². The lowest BCUT2D eigenvalue weighted by Crippen LogP contribution is -2.44. The number of morpholine rings is 1. The molecule has 1 aliphatic heterocycles. The number of halogens is 4. The summed E-state index contributed by atoms with van der Waals surface area (Å²) in [5.41, 5.74) is -1.35. The highest BCUT2D eigenvalue weighted by Crippen LogP contribution is 2.29. The highest BCUT2D eigenvalue weighted by Gasteiger charge is 2.40. The molecule has 0 spiro atoms. The van der Waals surface area contributed by atoms with E-state index in [0.717, 1.165) is 4.90 Å². The summed E-state index contributed by atoms with van der Waals surface area (Å²) in [6.45, 7) is 3.56. The first-order valence-corrected chi connectivity index (χ1v) is 4.15. The summed E-state index contributed by atoms with van der Waals surface area (Å²) in [5, 5.41) is 0. The fourth-order valence-corrected chi connectivity index (χ4v) is 1.16. The van der Waals surface area contributed by atoms with E-state index in [4.69, 9.17) is 4.74 Å². The van der Waals surface area contributed by atoms with Crippen LogP contribution in [0, 0.1) is 0 Å². The van der Waals surface area contributed by atoms with Crippen molar-refractivity contribution in [1.82, 2.24) is 4.90 Å². The lowest BCUT2D eigenvalue weighted by molar-refractivity contribution is -0.116. The molecule has 14 heavy (non-hydrogen) atoms. The van der Waals surface area contributed by atoms with Crippen molar-refractivity contribution in [3.05, 3.63) is 12.2 Å². The van der Waals surface area contributed by atoms with Crippen LogP contribution in [0.15, 0.2) is 12.2 Å². The summed E-state index contributed by atoms with van der Waals surface area (Å²) < 4.78 is 54.3. The molecule has 0 radical (unpaired) electrons. The topological polar surface area (TPSA) is 12.5 Å². The van der Waals surface area contributed by atoms with Gasteiger partial charge in [0, 0.05) is 13.1 Å². The highest BCUT2D eigenvalue weighted by atomic mass is 19.4. The summed E-state index contributed by atoms with van der Waals surface area (Å²) in [5.74, 6) is 0. The molecule has 2 nitrogen and oxygen atoms in total. The second kappa shape index (κ2) is 4.27. The smallest absolute Gasteiger partial charge is 0.379 e. The van der Waals surface area contributed by atoms with Gasteiger partial charge in [0.1, 0.15) is 0 Å². The molecule has 0 aromatic carbocycles. The van der Waals surface area contributed by atoms with Gasteiger partial charge in [-0.3, -0.25) is 4.90 Å². The lowest BCUT2D eigenvalue weighted by Gasteiger charge is -2.30. The van der Waals surface area contributed by atoms with Crippen molar-refractivity contribution in [2.45, 2.75) is 12.5 Å². The third-order valence-electron chi connectivity index (χ3n) is 2.02. The third-order valence-corrected chi connectivity index (χ3v) is 2.02. The normalized spacial score (nSPS) is 22.0. The second-order valence-corrected chi connectivity index (χ2v) is 3.01. The minimum absolute atomic E-state index is 0.163. The monoisotopic (exact) mass is 213 g/mol. The third kappa shape index (κ3) is 2.68. The Morgan fingerprint density at radius 1 is 1.29 bits per heavy atom. The van der Waals surface area contributed by atoms with Gasteiger partial charge in [-0.1, -0.05) is 6.58 Å². The van der Waals surface area contributed by atoms with Crippen LogP contribution >= 0.6 is 0 Å². The zero-order valence-electron chi connectivity index (χ0n) is 7.48. The molecular formula is C8H11F4NO. The van der Waals surface area contributed by atoms with E-state index in [1.165, 1.54) is 0 Å². The minimum Gasteiger partial charge on any atom is -0.379 e. The van der Waals surface area contributed by atoms with E-state index in [1.807, 2.05) is 0 Å². The predicted octanol–water partition coefficient (Wildman–Crippen LogP) is 1.73. The van der Waals surface area contributed by atoms with Gasteiger partial charge in [0.25, 0.3) is 0 Å². The van der Waals surface area contributed by atoms with Gasteiger partial charge in [0.2, 0.25) is 0 Å². The van der Waals surface area contributed by atoms with Crippen LogP contribution in [0.1, 0.15) is 0 Å². The zero-order valence-corrected chi connectivity index (χ0v) is 7.48. The van der Waals surface area contributed by atoms with Crippen LogP contribution in [0.3, 0.4) is 0 Å². The maximum atomic E-state index is 13.2. The summed E-state index contributed by atoms with van der Waals surface area (Å²) in [4.78, 5) is 1.07. The number of hydrogen-bond donors (Lipinski definition) is 0. The summed E-state index contributed by atoms with van der Waals surface area (Å²) in [6, 6.07) is 0. The van der Waals surface area contributed by atoms with Crippen molar-refractivity contribution >= 4 is 0 Å². The largest absolute Gasteiger partial charge is 0.416 e. The maximum absolute atomic E-state index is 13.2. The van der Waals surface area contributed by atoms with Crippen molar-refractivity contribution < 1.29 is 22.3 Å². The molecule has 0 aromatic rings. The average Bonchev–Trinajstić information content (AvgIpc) is 2.15. The van der Waals surface area contributed by atoms with Crippen LogP contribution in [0.5, 0.6) is 0 Å². The Labute approximate surface area is 79.1 Å². The van der Waals surface area contributed by atoms with Gasteiger partial charge in [0.15, 0.2) is 6.30 Å². The fraction of sp³-hybridized carbons (Fsp3) is 0.750. The molecule has 1 atom stereocenters. The Bertz CT molecular complexity index is 210. The molecule has 1 heterocycles. The summed E-state index contributed by atoms with van der Waals surface area (Å²) >= 11 is 0. The Morgan fingerprint density at radius 2 is 1.79 bits per heavy atom. The second-order valence-electron chi connectivity index (χ2n) is 3.01. The number of alkyl halides is 4. The molecule has 1 fully saturated rings. The van der Waals surface area contributed by atoms with Gasteiger partial charge in [-0.2, -0.15) is 13.2 Å². The lowest BCUT2D eigenvalue weighted by atomic mass is 10.2. The van der Waals surface area contributed by atoms with E-state index in [0.29, 0.717) is 0 Å². The van der Waals surface area contributed by atoms with Crippen LogP contribution < -0.4 is 0 Å². The van der Waals surface area contributed by atoms with Crippen LogP contribution in [0.2, 0.25) is 0 Å². The maximum Gasteiger partial charge on any atom is 0.416 e. The van der Waals surface area contributed by atoms with Gasteiger partial charge >= 0.3 is 6.18 Å². The van der Waals surface area contributed by atoms with Crippen LogP contribution in [-0.4, -0.2) is 43.7 Å². The Hall–Kier alpha value is -0.620. The standard InChI is InChI=1S/C8H11F4NO/c1-6(8(10,11)12)7(9)13-2-4-14-5-3-13/h7H,1-5H2/t7-/m1/s1. The van der Waals surface area contributed by atoms with Gasteiger partial charge < -0.3 is 4.74 Å². The molecule has 1 saturated heterocycles. The van der Waals surface area contributed by atoms with Crippen LogP contribution in [-0.2, 0) is 4.74 Å². The van der Waals surface area contributed by atoms with E-state index in [1.54, 1.807) is 0 Å². The number of hydrogen-bond acceptors (Lipinski definition) is 2. The van der Waals surface area contributed by atoms with Crippen LogP contribution in [0.25, 0.3) is 0 Å². The highest BCUT2D eigenvalue weighted by molar-refractivity contribution is 5.08. The number of ether oxygens (including phenoxy) is 1. The first-order valence-electron chi connectivity index (χ1n) is 4.15. The van der Waals surface area contributed by atoms with E-state index < -0.39 is 18.0 Å². The molecule has 0 aliphatic carbocycles. The summed E-state index contributed by atoms with van der Waals surface area (Å²) in [6.07, 6.45) is -6.82. The van der Waals surface area contributed by atoms with Gasteiger partial charge in [-0.25, -0.2) is 4.39 Å². The summed E-state index contributed by atoms with van der Waals surface area (Å²) in [7, 11) is 0. The Kier molecular flexibility index (Phi) is 3.49. The van der Waals surface area contributed by atoms with E-state index >= 15 is 0 Å². The quantitative estimate of drug-likeness (QED) is 0.393. The van der Waals surface area contributed by atoms with E-state index in [2.05, 4.69) is 6.58 Å². The molecule has 0 N–H and O–H groups in total. The van der Waals surface area contributed by atoms with Crippen molar-refractivity contribution in [3.8, 4) is 0 Å². The van der Waals surface area contributed by atoms with E-state index in [9.17, 15) is 17.6 Å². The first kappa shape index (κ1) is 11.5. The molecule has 82 valence electrons. The predicted molar refractivity (Wildman–Crippen MR) is 42.5 cm³/mol. The molecule has 0 amide bonds. The zero-order chi connectivity index (χ0) is 10.8. The molecule has 0 bridgehead atoms. The number of nitrogens with zero attached hydrogens (tertiary/aromatic N) is 1. The Morgan fingerprint density at radius 3 is 2.21 bits per heavy atom. The molecule has 6 heteroatoms. The molecular weight excluding hydrogens is 202 g/mol. The van der Waals surface area contributed by atoms with Crippen LogP contribution in [0.4, 0.5) is 17.6 Å². The average molecular weight is 213 g/mol. The minimum atomic E-state index is -4.67. The van der Waals surface area contributed by atoms with Crippen molar-refractivity contribution in [2.24, 2.45) is 0 Å². The molecule has 0 aromatic heterocycles. The molecule has 0 saturated carbocycles. The van der Waals surface area contributed by atoms with E-state index in [-0.39, 0.29) is 26.3 Å². The fourth-order valence-electron chi connectivity index (χ4n) is 1.16. The first-order chi connectivity index (χ1) is 6.43. The number of rotatable bonds is 2. The molecule has 1 aliphatic rings.